The van der Waals surface area contributed by atoms with E-state index in [4.69, 9.17) is 0 Å². The van der Waals surface area contributed by atoms with Crippen LogP contribution in [0.1, 0.15) is 36.2 Å². The van der Waals surface area contributed by atoms with Crippen LogP contribution in [-0.4, -0.2) is 16.7 Å². The van der Waals surface area contributed by atoms with Gasteiger partial charge in [-0.15, -0.1) is 0 Å². The second-order valence-corrected chi connectivity index (χ2v) is 5.39. The lowest BCUT2D eigenvalue weighted by atomic mass is 10.1. The van der Waals surface area contributed by atoms with E-state index in [1.165, 1.54) is 6.07 Å². The first kappa shape index (κ1) is 18.1. The normalized spacial score (nSPS) is 10.2. The lowest BCUT2D eigenvalue weighted by molar-refractivity contribution is -0.385. The fourth-order valence-corrected chi connectivity index (χ4v) is 2.30. The fraction of sp³-hybridized carbons (Fsp3) is 0.222. The van der Waals surface area contributed by atoms with Crippen LogP contribution in [0, 0.1) is 10.1 Å². The second-order valence-electron chi connectivity index (χ2n) is 5.39. The number of carbonyl (C=O) groups is 2. The molecule has 0 atom stereocenters. The minimum atomic E-state index is -0.463. The molecule has 0 aliphatic carbocycles. The van der Waals surface area contributed by atoms with E-state index in [2.05, 4.69) is 10.6 Å². The van der Waals surface area contributed by atoms with E-state index in [0.717, 1.165) is 0 Å². The van der Waals surface area contributed by atoms with Crippen LogP contribution in [0.3, 0.4) is 0 Å². The van der Waals surface area contributed by atoms with Crippen LogP contribution in [0.5, 0.6) is 0 Å². The third-order valence-corrected chi connectivity index (χ3v) is 3.65. The molecule has 7 nitrogen and oxygen atoms in total. The number of nitrogens with one attached hydrogen (secondary N) is 2. The van der Waals surface area contributed by atoms with E-state index >= 15 is 0 Å². The van der Waals surface area contributed by atoms with Gasteiger partial charge in [0.2, 0.25) is 5.91 Å². The van der Waals surface area contributed by atoms with E-state index in [-0.39, 0.29) is 11.6 Å². The molecule has 0 radical (unpaired) electrons. The van der Waals surface area contributed by atoms with Crippen molar-refractivity contribution >= 4 is 28.9 Å². The molecule has 2 amide bonds. The first-order valence-corrected chi connectivity index (χ1v) is 7.93. The fourth-order valence-electron chi connectivity index (χ4n) is 2.30. The highest BCUT2D eigenvalue weighted by atomic mass is 16.6. The largest absolute Gasteiger partial charge is 0.326 e. The quantitative estimate of drug-likeness (QED) is 0.617. The van der Waals surface area contributed by atoms with Crippen molar-refractivity contribution in [2.45, 2.75) is 26.7 Å². The first-order valence-electron chi connectivity index (χ1n) is 7.93. The Balaban J connectivity index is 2.19. The van der Waals surface area contributed by atoms with Crippen LogP contribution in [0.2, 0.25) is 0 Å². The van der Waals surface area contributed by atoms with Crippen LogP contribution >= 0.6 is 0 Å². The Morgan fingerprint density at radius 2 is 1.76 bits per heavy atom. The predicted octanol–water partition coefficient (Wildman–Crippen LogP) is 3.76. The number of benzene rings is 2. The molecule has 2 N–H and O–H groups in total. The van der Waals surface area contributed by atoms with Gasteiger partial charge in [0.1, 0.15) is 0 Å². The average Bonchev–Trinajstić information content (AvgIpc) is 2.61. The molecule has 0 bridgehead atoms. The number of amides is 2. The predicted molar refractivity (Wildman–Crippen MR) is 95.8 cm³/mol. The van der Waals surface area contributed by atoms with Gasteiger partial charge in [0, 0.05) is 35.0 Å². The molecule has 2 aromatic rings. The Morgan fingerprint density at radius 1 is 1.04 bits per heavy atom. The van der Waals surface area contributed by atoms with Crippen molar-refractivity contribution in [3.8, 4) is 0 Å². The molecule has 2 aromatic carbocycles. The Kier molecular flexibility index (Phi) is 5.84. The minimum Gasteiger partial charge on any atom is -0.326 e. The molecule has 0 spiro atoms. The maximum atomic E-state index is 12.4. The van der Waals surface area contributed by atoms with Crippen molar-refractivity contribution in [1.29, 1.82) is 0 Å². The molecule has 0 saturated heterocycles. The van der Waals surface area contributed by atoms with E-state index < -0.39 is 10.8 Å². The van der Waals surface area contributed by atoms with Gasteiger partial charge in [0.05, 0.1) is 4.92 Å². The summed E-state index contributed by atoms with van der Waals surface area (Å²) in [5.41, 5.74) is 1.79. The topological polar surface area (TPSA) is 101 Å². The summed E-state index contributed by atoms with van der Waals surface area (Å²) in [7, 11) is 0. The number of rotatable bonds is 6. The number of hydrogen-bond acceptors (Lipinski definition) is 4. The van der Waals surface area contributed by atoms with Gasteiger partial charge in [-0.3, -0.25) is 19.7 Å². The van der Waals surface area contributed by atoms with Crippen molar-refractivity contribution in [2.24, 2.45) is 0 Å². The average molecular weight is 341 g/mol. The Labute approximate surface area is 145 Å². The second kappa shape index (κ2) is 8.05. The van der Waals surface area contributed by atoms with Crippen LogP contribution in [0.15, 0.2) is 42.5 Å². The Morgan fingerprint density at radius 3 is 2.40 bits per heavy atom. The molecule has 0 aliphatic heterocycles. The minimum absolute atomic E-state index is 0.0238. The summed E-state index contributed by atoms with van der Waals surface area (Å²) in [6, 6.07) is 11.1. The van der Waals surface area contributed by atoms with Gasteiger partial charge >= 0.3 is 0 Å². The summed E-state index contributed by atoms with van der Waals surface area (Å²) in [6.07, 6.45) is 0.869. The number of aryl methyl sites for hydroxylation is 1. The van der Waals surface area contributed by atoms with E-state index in [1.54, 1.807) is 43.3 Å². The standard InChI is InChI=1S/C18H19N3O4/c1-3-12-8-9-15(11-16(12)21(24)25)20-18(23)13-6-5-7-14(10-13)19-17(22)4-2/h5-11H,3-4H2,1-2H3,(H,19,22)(H,20,23). The van der Waals surface area contributed by atoms with Gasteiger partial charge in [-0.25, -0.2) is 0 Å². The monoisotopic (exact) mass is 341 g/mol. The van der Waals surface area contributed by atoms with Gasteiger partial charge < -0.3 is 10.6 Å². The maximum absolute atomic E-state index is 12.4. The summed E-state index contributed by atoms with van der Waals surface area (Å²) >= 11 is 0. The smallest absolute Gasteiger partial charge is 0.274 e. The highest BCUT2D eigenvalue weighted by molar-refractivity contribution is 6.05. The maximum Gasteiger partial charge on any atom is 0.274 e. The molecular formula is C18H19N3O4. The first-order chi connectivity index (χ1) is 11.9. The van der Waals surface area contributed by atoms with Crippen LogP contribution < -0.4 is 10.6 Å². The van der Waals surface area contributed by atoms with Gasteiger partial charge in [-0.2, -0.15) is 0 Å². The Hall–Kier alpha value is -3.22. The van der Waals surface area contributed by atoms with Gasteiger partial charge in [0.15, 0.2) is 0 Å². The summed E-state index contributed by atoms with van der Waals surface area (Å²) in [5.74, 6) is -0.561. The van der Waals surface area contributed by atoms with Crippen molar-refractivity contribution < 1.29 is 14.5 Å². The van der Waals surface area contributed by atoms with Gasteiger partial charge in [-0.1, -0.05) is 26.0 Å². The number of nitro benzene ring substituents is 1. The number of nitro groups is 1. The molecule has 0 heterocycles. The van der Waals surface area contributed by atoms with Crippen LogP contribution in [-0.2, 0) is 11.2 Å². The molecule has 25 heavy (non-hydrogen) atoms. The number of anilines is 2. The van der Waals surface area contributed by atoms with Crippen LogP contribution in [0.25, 0.3) is 0 Å². The van der Waals surface area contributed by atoms with Gasteiger partial charge in [-0.05, 0) is 30.7 Å². The summed E-state index contributed by atoms with van der Waals surface area (Å²) < 4.78 is 0. The summed E-state index contributed by atoms with van der Waals surface area (Å²) in [5, 5.41) is 16.4. The molecule has 0 saturated carbocycles. The molecule has 0 fully saturated rings. The molecule has 0 aromatic heterocycles. The molecule has 0 unspecified atom stereocenters. The van der Waals surface area contributed by atoms with Crippen molar-refractivity contribution in [1.82, 2.24) is 0 Å². The molecular weight excluding hydrogens is 322 g/mol. The van der Waals surface area contributed by atoms with Crippen molar-refractivity contribution in [2.75, 3.05) is 10.6 Å². The third kappa shape index (κ3) is 4.63. The zero-order chi connectivity index (χ0) is 18.4. The zero-order valence-corrected chi connectivity index (χ0v) is 14.0. The molecule has 0 aliphatic rings. The molecule has 7 heteroatoms. The van der Waals surface area contributed by atoms with E-state index in [9.17, 15) is 19.7 Å². The summed E-state index contributed by atoms with van der Waals surface area (Å²) in [6.45, 7) is 3.56. The zero-order valence-electron chi connectivity index (χ0n) is 14.0. The lowest BCUT2D eigenvalue weighted by Gasteiger charge is -2.09. The third-order valence-electron chi connectivity index (χ3n) is 3.65. The molecule has 2 rings (SSSR count). The van der Waals surface area contributed by atoms with E-state index in [0.29, 0.717) is 35.3 Å². The highest BCUT2D eigenvalue weighted by Crippen LogP contribution is 2.24. The SMILES string of the molecule is CCC(=O)Nc1cccc(C(=O)Nc2ccc(CC)c([N+](=O)[O-])c2)c1. The van der Waals surface area contributed by atoms with Gasteiger partial charge in [0.25, 0.3) is 11.6 Å². The van der Waals surface area contributed by atoms with Crippen LogP contribution in [0.4, 0.5) is 17.1 Å². The highest BCUT2D eigenvalue weighted by Gasteiger charge is 2.15. The summed E-state index contributed by atoms with van der Waals surface area (Å²) in [4.78, 5) is 34.5. The number of nitrogens with zero attached hydrogens (tertiary/aromatic N) is 1. The Bertz CT molecular complexity index is 818. The molecule has 130 valence electrons. The number of hydrogen-bond donors (Lipinski definition) is 2. The number of carbonyl (C=O) groups excluding carboxylic acids is 2. The van der Waals surface area contributed by atoms with Crippen molar-refractivity contribution in [3.05, 3.63) is 63.7 Å². The lowest BCUT2D eigenvalue weighted by Crippen LogP contribution is -2.14. The van der Waals surface area contributed by atoms with E-state index in [1.807, 2.05) is 6.92 Å². The van der Waals surface area contributed by atoms with Crippen molar-refractivity contribution in [3.63, 3.8) is 0 Å².